The van der Waals surface area contributed by atoms with Crippen LogP contribution in [0.25, 0.3) is 16.8 Å². The number of piperazine rings is 1. The highest BCUT2D eigenvalue weighted by molar-refractivity contribution is 6.02. The van der Waals surface area contributed by atoms with Gasteiger partial charge in [-0.15, -0.1) is 0 Å². The fourth-order valence-corrected chi connectivity index (χ4v) is 3.29. The van der Waals surface area contributed by atoms with Crippen molar-refractivity contribution in [2.45, 2.75) is 6.10 Å². The predicted octanol–water partition coefficient (Wildman–Crippen LogP) is 0.968. The third kappa shape index (κ3) is 5.33. The number of hydrogen-bond donors (Lipinski definition) is 3. The summed E-state index contributed by atoms with van der Waals surface area (Å²) in [5.74, 6) is -0.578. The molecule has 0 aliphatic carbocycles. The largest absolute Gasteiger partial charge is 0.394 e. The first-order valence-corrected chi connectivity index (χ1v) is 9.66. The summed E-state index contributed by atoms with van der Waals surface area (Å²) in [5.41, 5.74) is 1.90. The first kappa shape index (κ1) is 20.8. The molecule has 2 aromatic carbocycles. The highest BCUT2D eigenvalue weighted by Gasteiger charge is 2.15. The number of benzene rings is 2. The van der Waals surface area contributed by atoms with E-state index in [9.17, 15) is 15.2 Å². The topological polar surface area (TPSA) is 99.8 Å². The van der Waals surface area contributed by atoms with Crippen LogP contribution in [0.2, 0.25) is 0 Å². The smallest absolute Gasteiger partial charge is 0.262 e. The fourth-order valence-electron chi connectivity index (χ4n) is 3.29. The van der Waals surface area contributed by atoms with Crippen LogP contribution < -0.4 is 10.2 Å². The number of hydrogen-bond acceptors (Lipinski definition) is 6. The molecule has 0 saturated carbocycles. The molecular weight excluding hydrogens is 368 g/mol. The Morgan fingerprint density at radius 3 is 2.59 bits per heavy atom. The number of nitrogens with zero attached hydrogens (tertiary/aromatic N) is 3. The fraction of sp³-hybridized carbons (Fsp3) is 0.364. The van der Waals surface area contributed by atoms with Crippen molar-refractivity contribution in [3.63, 3.8) is 0 Å². The summed E-state index contributed by atoms with van der Waals surface area (Å²) in [5, 5.41) is 32.0. The Balaban J connectivity index is 1.76. The van der Waals surface area contributed by atoms with E-state index in [2.05, 4.69) is 40.4 Å². The van der Waals surface area contributed by atoms with Gasteiger partial charge in [-0.2, -0.15) is 5.26 Å². The Kier molecular flexibility index (Phi) is 6.83. The Bertz CT molecular complexity index is 943. The highest BCUT2D eigenvalue weighted by atomic mass is 16.3. The number of rotatable bonds is 6. The zero-order valence-corrected chi connectivity index (χ0v) is 16.5. The molecule has 1 aliphatic rings. The summed E-state index contributed by atoms with van der Waals surface area (Å²) in [7, 11) is 2.14. The summed E-state index contributed by atoms with van der Waals surface area (Å²) in [6.07, 6.45) is 0.475. The summed E-state index contributed by atoms with van der Waals surface area (Å²) < 4.78 is 0. The molecule has 7 nitrogen and oxygen atoms in total. The van der Waals surface area contributed by atoms with Crippen molar-refractivity contribution >= 4 is 28.4 Å². The Labute approximate surface area is 170 Å². The normalized spacial score (nSPS) is 16.5. The van der Waals surface area contributed by atoms with Crippen molar-refractivity contribution in [1.29, 1.82) is 5.26 Å². The number of likely N-dealkylation sites (N-methyl/N-ethyl adjacent to an activating group) is 1. The molecule has 3 rings (SSSR count). The van der Waals surface area contributed by atoms with Gasteiger partial charge in [0.1, 0.15) is 11.6 Å². The lowest BCUT2D eigenvalue weighted by Gasteiger charge is -2.34. The lowest BCUT2D eigenvalue weighted by molar-refractivity contribution is -0.117. The average Bonchev–Trinajstić information content (AvgIpc) is 2.75. The van der Waals surface area contributed by atoms with Gasteiger partial charge < -0.3 is 25.3 Å². The minimum absolute atomic E-state index is 0.0523. The van der Waals surface area contributed by atoms with Gasteiger partial charge in [0.15, 0.2) is 0 Å². The van der Waals surface area contributed by atoms with Crippen LogP contribution in [0.1, 0.15) is 5.56 Å². The maximum absolute atomic E-state index is 12.1. The first-order valence-electron chi connectivity index (χ1n) is 9.66. The maximum Gasteiger partial charge on any atom is 0.262 e. The number of aliphatic hydroxyl groups is 2. The number of carbonyl (C=O) groups is 1. The Morgan fingerprint density at radius 1 is 1.21 bits per heavy atom. The van der Waals surface area contributed by atoms with Crippen molar-refractivity contribution in [2.75, 3.05) is 51.3 Å². The van der Waals surface area contributed by atoms with Crippen LogP contribution in [0.5, 0.6) is 0 Å². The van der Waals surface area contributed by atoms with Crippen molar-refractivity contribution in [3.05, 3.63) is 47.5 Å². The van der Waals surface area contributed by atoms with Crippen molar-refractivity contribution in [1.82, 2.24) is 10.2 Å². The number of carbonyl (C=O) groups excluding carboxylic acids is 1. The third-order valence-corrected chi connectivity index (χ3v) is 5.10. The minimum Gasteiger partial charge on any atom is -0.394 e. The third-order valence-electron chi connectivity index (χ3n) is 5.10. The van der Waals surface area contributed by atoms with E-state index in [1.807, 2.05) is 24.3 Å². The molecule has 1 atom stereocenters. The molecule has 29 heavy (non-hydrogen) atoms. The second-order valence-electron chi connectivity index (χ2n) is 7.30. The van der Waals surface area contributed by atoms with E-state index in [1.54, 1.807) is 0 Å². The Hall–Kier alpha value is -2.92. The van der Waals surface area contributed by atoms with Gasteiger partial charge in [-0.05, 0) is 47.7 Å². The second-order valence-corrected chi connectivity index (χ2v) is 7.30. The van der Waals surface area contributed by atoms with E-state index in [1.165, 1.54) is 11.8 Å². The van der Waals surface area contributed by atoms with Crippen molar-refractivity contribution in [3.8, 4) is 6.07 Å². The van der Waals surface area contributed by atoms with E-state index in [0.717, 1.165) is 42.5 Å². The molecule has 1 amide bonds. The lowest BCUT2D eigenvalue weighted by atomic mass is 10.0. The number of anilines is 1. The number of amides is 1. The van der Waals surface area contributed by atoms with Gasteiger partial charge in [-0.25, -0.2) is 0 Å². The predicted molar refractivity (Wildman–Crippen MR) is 113 cm³/mol. The maximum atomic E-state index is 12.1. The van der Waals surface area contributed by atoms with Crippen LogP contribution in [-0.4, -0.2) is 73.5 Å². The molecule has 3 N–H and O–H groups in total. The molecule has 0 radical (unpaired) electrons. The molecule has 1 fully saturated rings. The molecule has 152 valence electrons. The van der Waals surface area contributed by atoms with Crippen LogP contribution in [0.3, 0.4) is 0 Å². The number of nitriles is 1. The van der Waals surface area contributed by atoms with E-state index in [-0.39, 0.29) is 12.1 Å². The van der Waals surface area contributed by atoms with Gasteiger partial charge in [-0.3, -0.25) is 4.79 Å². The molecule has 0 spiro atoms. The molecule has 2 aromatic rings. The number of nitrogens with one attached hydrogen (secondary N) is 1. The van der Waals surface area contributed by atoms with Crippen LogP contribution in [0.4, 0.5) is 5.69 Å². The molecule has 7 heteroatoms. The van der Waals surface area contributed by atoms with E-state index in [0.29, 0.717) is 0 Å². The molecule has 1 aliphatic heterocycles. The van der Waals surface area contributed by atoms with Gasteiger partial charge in [0.25, 0.3) is 5.91 Å². The van der Waals surface area contributed by atoms with Crippen LogP contribution in [-0.2, 0) is 4.79 Å². The SMILES string of the molecule is CN1CCN(c2ccc3cc(/C=C(\C#N)C(=O)NCC(O)CO)ccc3c2)CC1. The quantitative estimate of drug-likeness (QED) is 0.499. The standard InChI is InChI=1S/C22H26N4O3/c1-25-6-8-26(9-7-25)20-5-4-17-10-16(2-3-18(17)12-20)11-19(13-23)22(29)24-14-21(28)15-27/h2-5,10-12,21,27-28H,6-9,14-15H2,1H3,(H,24,29)/b19-11+. The van der Waals surface area contributed by atoms with Crippen LogP contribution in [0, 0.1) is 11.3 Å². The monoisotopic (exact) mass is 394 g/mol. The summed E-state index contributed by atoms with van der Waals surface area (Å²) in [6, 6.07) is 14.0. The average molecular weight is 394 g/mol. The molecular formula is C22H26N4O3. The van der Waals surface area contributed by atoms with Gasteiger partial charge in [0.2, 0.25) is 0 Å². The van der Waals surface area contributed by atoms with Crippen LogP contribution >= 0.6 is 0 Å². The lowest BCUT2D eigenvalue weighted by Crippen LogP contribution is -2.44. The summed E-state index contributed by atoms with van der Waals surface area (Å²) in [4.78, 5) is 16.8. The second kappa shape index (κ2) is 9.52. The molecule has 1 unspecified atom stereocenters. The Morgan fingerprint density at radius 2 is 1.90 bits per heavy atom. The highest BCUT2D eigenvalue weighted by Crippen LogP contribution is 2.25. The van der Waals surface area contributed by atoms with Crippen molar-refractivity contribution < 1.29 is 15.0 Å². The van der Waals surface area contributed by atoms with Crippen molar-refractivity contribution in [2.24, 2.45) is 0 Å². The van der Waals surface area contributed by atoms with E-state index in [4.69, 9.17) is 5.11 Å². The van der Waals surface area contributed by atoms with E-state index >= 15 is 0 Å². The number of aliphatic hydroxyl groups excluding tert-OH is 2. The zero-order chi connectivity index (χ0) is 20.8. The summed E-state index contributed by atoms with van der Waals surface area (Å²) in [6.45, 7) is 3.56. The minimum atomic E-state index is -1.05. The first-order chi connectivity index (χ1) is 14.0. The van der Waals surface area contributed by atoms with E-state index < -0.39 is 18.6 Å². The summed E-state index contributed by atoms with van der Waals surface area (Å²) >= 11 is 0. The molecule has 0 aromatic heterocycles. The zero-order valence-electron chi connectivity index (χ0n) is 16.5. The number of fused-ring (bicyclic) bond motifs is 1. The molecule has 0 bridgehead atoms. The molecule has 1 saturated heterocycles. The van der Waals surface area contributed by atoms with Gasteiger partial charge in [-0.1, -0.05) is 18.2 Å². The molecule has 1 heterocycles. The van der Waals surface area contributed by atoms with Crippen LogP contribution in [0.15, 0.2) is 42.0 Å². The van der Waals surface area contributed by atoms with Gasteiger partial charge >= 0.3 is 0 Å². The van der Waals surface area contributed by atoms with Gasteiger partial charge in [0.05, 0.1) is 12.7 Å². The van der Waals surface area contributed by atoms with Gasteiger partial charge in [0, 0.05) is 38.4 Å².